The molecule has 0 radical (unpaired) electrons. The van der Waals surface area contributed by atoms with E-state index < -0.39 is 16.8 Å². The number of hydrogen-bond donors (Lipinski definition) is 1. The van der Waals surface area contributed by atoms with Crippen LogP contribution in [-0.4, -0.2) is 34.6 Å². The first kappa shape index (κ1) is 14.7. The van der Waals surface area contributed by atoms with Gasteiger partial charge < -0.3 is 10.0 Å². The van der Waals surface area contributed by atoms with Crippen molar-refractivity contribution in [2.45, 2.75) is 6.92 Å². The minimum absolute atomic E-state index is 0.0150. The summed E-state index contributed by atoms with van der Waals surface area (Å²) in [7, 11) is 1.75. The number of anilines is 1. The number of fused-ring (bicyclic) bond motifs is 1. The number of pyridine rings is 1. The second kappa shape index (κ2) is 5.74. The molecule has 7 heteroatoms. The first-order valence-corrected chi connectivity index (χ1v) is 6.37. The molecule has 0 aliphatic carbocycles. The van der Waals surface area contributed by atoms with Crippen LogP contribution < -0.4 is 4.90 Å². The van der Waals surface area contributed by atoms with Crippen LogP contribution in [0.2, 0.25) is 0 Å². The summed E-state index contributed by atoms with van der Waals surface area (Å²) in [5, 5.41) is 21.2. The number of aromatic nitrogens is 1. The van der Waals surface area contributed by atoms with E-state index in [1.54, 1.807) is 37.2 Å². The molecule has 1 unspecified atom stereocenters. The Morgan fingerprint density at radius 3 is 2.81 bits per heavy atom. The van der Waals surface area contributed by atoms with Crippen LogP contribution in [0.3, 0.4) is 0 Å². The van der Waals surface area contributed by atoms with Gasteiger partial charge in [0.2, 0.25) is 0 Å². The molecule has 0 saturated carbocycles. The average Bonchev–Trinajstić information content (AvgIpc) is 2.45. The molecular formula is C14H15N3O4. The van der Waals surface area contributed by atoms with Crippen LogP contribution in [0.5, 0.6) is 0 Å². The molecule has 110 valence electrons. The zero-order chi connectivity index (χ0) is 15.6. The molecule has 1 atom stereocenters. The zero-order valence-electron chi connectivity index (χ0n) is 11.7. The smallest absolute Gasteiger partial charge is 0.308 e. The van der Waals surface area contributed by atoms with Gasteiger partial charge in [0, 0.05) is 37.3 Å². The van der Waals surface area contributed by atoms with E-state index >= 15 is 0 Å². The van der Waals surface area contributed by atoms with Crippen LogP contribution in [0, 0.1) is 16.0 Å². The van der Waals surface area contributed by atoms with E-state index in [0.717, 1.165) is 5.39 Å². The Morgan fingerprint density at radius 1 is 1.48 bits per heavy atom. The van der Waals surface area contributed by atoms with Crippen LogP contribution in [-0.2, 0) is 4.79 Å². The van der Waals surface area contributed by atoms with Gasteiger partial charge in [-0.25, -0.2) is 4.98 Å². The Kier molecular flexibility index (Phi) is 4.02. The maximum atomic E-state index is 10.9. The standard InChI is InChI=1S/C14H15N3O4/c1-9(14(18)19)8-16(2)13-12-4-3-11(17(20)21)7-10(12)5-6-15-13/h3-7,9H,8H2,1-2H3,(H,18,19). The molecule has 0 fully saturated rings. The van der Waals surface area contributed by atoms with Gasteiger partial charge in [-0.3, -0.25) is 14.9 Å². The third kappa shape index (κ3) is 3.07. The van der Waals surface area contributed by atoms with Gasteiger partial charge in [-0.1, -0.05) is 6.92 Å². The van der Waals surface area contributed by atoms with Crippen LogP contribution in [0.1, 0.15) is 6.92 Å². The summed E-state index contributed by atoms with van der Waals surface area (Å²) in [6.45, 7) is 1.92. The van der Waals surface area contributed by atoms with Crippen molar-refractivity contribution < 1.29 is 14.8 Å². The summed E-state index contributed by atoms with van der Waals surface area (Å²) in [4.78, 5) is 27.3. The van der Waals surface area contributed by atoms with Gasteiger partial charge in [-0.15, -0.1) is 0 Å². The van der Waals surface area contributed by atoms with Gasteiger partial charge in [0.15, 0.2) is 0 Å². The molecule has 2 rings (SSSR count). The van der Waals surface area contributed by atoms with Crippen molar-refractivity contribution in [2.75, 3.05) is 18.5 Å². The third-order valence-electron chi connectivity index (χ3n) is 3.27. The normalized spacial score (nSPS) is 12.1. The maximum absolute atomic E-state index is 10.9. The van der Waals surface area contributed by atoms with E-state index in [4.69, 9.17) is 5.11 Å². The van der Waals surface area contributed by atoms with E-state index in [1.807, 2.05) is 0 Å². The predicted molar refractivity (Wildman–Crippen MR) is 78.5 cm³/mol. The zero-order valence-corrected chi connectivity index (χ0v) is 11.7. The summed E-state index contributed by atoms with van der Waals surface area (Å²) in [5.74, 6) is -0.807. The largest absolute Gasteiger partial charge is 0.481 e. The van der Waals surface area contributed by atoms with Gasteiger partial charge in [-0.2, -0.15) is 0 Å². The summed E-state index contributed by atoms with van der Waals surface area (Å²) in [6.07, 6.45) is 1.56. The first-order valence-electron chi connectivity index (χ1n) is 6.37. The monoisotopic (exact) mass is 289 g/mol. The number of nitrogens with zero attached hydrogens (tertiary/aromatic N) is 3. The fourth-order valence-electron chi connectivity index (χ4n) is 2.14. The highest BCUT2D eigenvalue weighted by atomic mass is 16.6. The topological polar surface area (TPSA) is 96.6 Å². The fraction of sp³-hybridized carbons (Fsp3) is 0.286. The predicted octanol–water partition coefficient (Wildman–Crippen LogP) is 2.30. The summed E-state index contributed by atoms with van der Waals surface area (Å²) < 4.78 is 0. The Labute approximate surface area is 121 Å². The highest BCUT2D eigenvalue weighted by Gasteiger charge is 2.17. The van der Waals surface area contributed by atoms with Crippen molar-refractivity contribution >= 4 is 28.2 Å². The summed E-state index contributed by atoms with van der Waals surface area (Å²) in [6, 6.07) is 6.23. The number of nitro benzene ring substituents is 1. The first-order chi connectivity index (χ1) is 9.90. The van der Waals surface area contributed by atoms with E-state index in [-0.39, 0.29) is 5.69 Å². The molecule has 0 spiro atoms. The number of nitro groups is 1. The molecule has 0 aliphatic rings. The molecule has 21 heavy (non-hydrogen) atoms. The maximum Gasteiger partial charge on any atom is 0.308 e. The molecular weight excluding hydrogens is 274 g/mol. The minimum atomic E-state index is -0.877. The van der Waals surface area contributed by atoms with E-state index in [1.165, 1.54) is 12.1 Å². The van der Waals surface area contributed by atoms with Crippen molar-refractivity contribution in [1.82, 2.24) is 4.98 Å². The number of rotatable bonds is 5. The Hall–Kier alpha value is -2.70. The van der Waals surface area contributed by atoms with Crippen molar-refractivity contribution in [3.63, 3.8) is 0 Å². The lowest BCUT2D eigenvalue weighted by molar-refractivity contribution is -0.384. The van der Waals surface area contributed by atoms with Gasteiger partial charge >= 0.3 is 5.97 Å². The number of carboxylic acid groups (broad SMARTS) is 1. The number of aliphatic carboxylic acids is 1. The molecule has 0 aliphatic heterocycles. The summed E-state index contributed by atoms with van der Waals surface area (Å²) >= 11 is 0. The number of hydrogen-bond acceptors (Lipinski definition) is 5. The van der Waals surface area contributed by atoms with Crippen molar-refractivity contribution in [2.24, 2.45) is 5.92 Å². The Bertz CT molecular complexity index is 702. The molecule has 0 amide bonds. The van der Waals surface area contributed by atoms with Crippen LogP contribution in [0.25, 0.3) is 10.8 Å². The molecule has 1 heterocycles. The second-order valence-electron chi connectivity index (χ2n) is 4.92. The minimum Gasteiger partial charge on any atom is -0.481 e. The quantitative estimate of drug-likeness (QED) is 0.670. The number of benzene rings is 1. The lowest BCUT2D eigenvalue weighted by atomic mass is 10.1. The molecule has 2 aromatic rings. The number of non-ortho nitro benzene ring substituents is 1. The SMILES string of the molecule is CC(CN(C)c1nccc2cc([N+](=O)[O-])ccc12)C(=O)O. The fourth-order valence-corrected chi connectivity index (χ4v) is 2.14. The lowest BCUT2D eigenvalue weighted by Gasteiger charge is -2.21. The molecule has 1 aromatic carbocycles. The molecule has 0 saturated heterocycles. The van der Waals surface area contributed by atoms with E-state index in [0.29, 0.717) is 17.7 Å². The van der Waals surface area contributed by atoms with Gasteiger partial charge in [0.25, 0.3) is 5.69 Å². The van der Waals surface area contributed by atoms with Crippen molar-refractivity contribution in [1.29, 1.82) is 0 Å². The van der Waals surface area contributed by atoms with Crippen LogP contribution in [0.15, 0.2) is 30.5 Å². The van der Waals surface area contributed by atoms with Crippen molar-refractivity contribution in [3.05, 3.63) is 40.6 Å². The second-order valence-corrected chi connectivity index (χ2v) is 4.92. The van der Waals surface area contributed by atoms with Crippen LogP contribution >= 0.6 is 0 Å². The molecule has 7 nitrogen and oxygen atoms in total. The lowest BCUT2D eigenvalue weighted by Crippen LogP contribution is -2.29. The highest BCUT2D eigenvalue weighted by molar-refractivity contribution is 5.93. The Morgan fingerprint density at radius 2 is 2.19 bits per heavy atom. The Balaban J connectivity index is 2.40. The third-order valence-corrected chi connectivity index (χ3v) is 3.27. The van der Waals surface area contributed by atoms with Gasteiger partial charge in [0.05, 0.1) is 10.8 Å². The van der Waals surface area contributed by atoms with Crippen LogP contribution in [0.4, 0.5) is 11.5 Å². The van der Waals surface area contributed by atoms with Gasteiger partial charge in [0.1, 0.15) is 5.82 Å². The van der Waals surface area contributed by atoms with E-state index in [9.17, 15) is 14.9 Å². The number of carbonyl (C=O) groups is 1. The molecule has 1 aromatic heterocycles. The molecule has 0 bridgehead atoms. The highest BCUT2D eigenvalue weighted by Crippen LogP contribution is 2.27. The summed E-state index contributed by atoms with van der Waals surface area (Å²) in [5.41, 5.74) is 0.0150. The molecule has 1 N–H and O–H groups in total. The van der Waals surface area contributed by atoms with E-state index in [2.05, 4.69) is 4.98 Å². The van der Waals surface area contributed by atoms with Crippen molar-refractivity contribution in [3.8, 4) is 0 Å². The van der Waals surface area contributed by atoms with Gasteiger partial charge in [-0.05, 0) is 17.5 Å². The number of carboxylic acids is 1. The average molecular weight is 289 g/mol.